The average Bonchev–Trinajstić information content (AvgIpc) is 2.80. The Bertz CT molecular complexity index is 1300. The van der Waals surface area contributed by atoms with Crippen LogP contribution in [0.4, 0.5) is 5.82 Å². The van der Waals surface area contributed by atoms with Crippen LogP contribution in [-0.4, -0.2) is 27.8 Å². The number of H-pyrrole nitrogens is 1. The van der Waals surface area contributed by atoms with Crippen molar-refractivity contribution in [2.75, 3.05) is 6.61 Å². The Balaban J connectivity index is 1.98. The lowest BCUT2D eigenvalue weighted by molar-refractivity contribution is -0.146. The van der Waals surface area contributed by atoms with E-state index in [0.29, 0.717) is 11.4 Å². The molecule has 0 radical (unpaired) electrons. The molecule has 0 saturated heterocycles. The standard InChI is InChI=1S/C26H27N3O4/c1-4-9-17-12-14-19(15-13-17)29-23-22(24(30)28-26(29)32)21(18-10-7-6-8-11-18)20(16(3)27-23)25(31)33-5-2/h6-8,10-15,20-21H,4-5,9H2,1-3H3,(H,28,30,32). The van der Waals surface area contributed by atoms with Gasteiger partial charge >= 0.3 is 11.7 Å². The third kappa shape index (κ3) is 4.18. The normalized spacial score (nSPS) is 17.2. The smallest absolute Gasteiger partial charge is 0.334 e. The molecule has 170 valence electrons. The van der Waals surface area contributed by atoms with Gasteiger partial charge in [-0.25, -0.2) is 14.4 Å². The third-order valence-electron chi connectivity index (χ3n) is 5.93. The number of benzene rings is 2. The molecule has 2 heterocycles. The van der Waals surface area contributed by atoms with Crippen molar-refractivity contribution in [3.8, 4) is 5.69 Å². The van der Waals surface area contributed by atoms with Gasteiger partial charge in [0, 0.05) is 11.6 Å². The maximum atomic E-state index is 13.1. The van der Waals surface area contributed by atoms with Crippen LogP contribution in [0.3, 0.4) is 0 Å². The molecular weight excluding hydrogens is 418 g/mol. The number of carbonyl (C=O) groups excluding carboxylic acids is 1. The van der Waals surface area contributed by atoms with E-state index in [0.717, 1.165) is 24.0 Å². The highest BCUT2D eigenvalue weighted by molar-refractivity contribution is 6.05. The summed E-state index contributed by atoms with van der Waals surface area (Å²) >= 11 is 0. The highest BCUT2D eigenvalue weighted by atomic mass is 16.5. The Morgan fingerprint density at radius 3 is 2.39 bits per heavy atom. The Hall–Kier alpha value is -3.74. The number of carbonyl (C=O) groups is 1. The number of esters is 1. The van der Waals surface area contributed by atoms with Crippen molar-refractivity contribution >= 4 is 17.5 Å². The first-order chi connectivity index (χ1) is 16.0. The Kier molecular flexibility index (Phi) is 6.40. The summed E-state index contributed by atoms with van der Waals surface area (Å²) in [5, 5.41) is 0. The van der Waals surface area contributed by atoms with Crippen LogP contribution in [0.1, 0.15) is 49.8 Å². The van der Waals surface area contributed by atoms with Crippen LogP contribution in [0.5, 0.6) is 0 Å². The molecule has 1 aliphatic rings. The molecule has 0 saturated carbocycles. The van der Waals surface area contributed by atoms with Gasteiger partial charge in [-0.15, -0.1) is 0 Å². The number of nitrogens with one attached hydrogen (secondary N) is 1. The second kappa shape index (κ2) is 9.40. The van der Waals surface area contributed by atoms with Crippen molar-refractivity contribution in [2.45, 2.75) is 39.5 Å². The van der Waals surface area contributed by atoms with E-state index < -0.39 is 29.1 Å². The number of hydrogen-bond donors (Lipinski definition) is 1. The molecule has 7 nitrogen and oxygen atoms in total. The van der Waals surface area contributed by atoms with Gasteiger partial charge in [-0.1, -0.05) is 55.8 Å². The quantitative estimate of drug-likeness (QED) is 0.583. The Labute approximate surface area is 191 Å². The number of hydrogen-bond acceptors (Lipinski definition) is 5. The number of aliphatic imine (C=N–C) groups is 1. The number of fused-ring (bicyclic) bond motifs is 1. The first-order valence-electron chi connectivity index (χ1n) is 11.2. The summed E-state index contributed by atoms with van der Waals surface area (Å²) in [6.07, 6.45) is 1.96. The number of nitrogens with zero attached hydrogens (tertiary/aromatic N) is 2. The molecule has 33 heavy (non-hydrogen) atoms. The summed E-state index contributed by atoms with van der Waals surface area (Å²) in [4.78, 5) is 46.1. The molecule has 1 aliphatic heterocycles. The molecule has 1 N–H and O–H groups in total. The van der Waals surface area contributed by atoms with E-state index in [1.54, 1.807) is 13.8 Å². The fourth-order valence-electron chi connectivity index (χ4n) is 4.47. The van der Waals surface area contributed by atoms with Gasteiger partial charge in [-0.05, 0) is 43.5 Å². The zero-order valence-corrected chi connectivity index (χ0v) is 19.0. The number of aryl methyl sites for hydroxylation is 1. The van der Waals surface area contributed by atoms with Gasteiger partial charge in [-0.3, -0.25) is 14.6 Å². The maximum Gasteiger partial charge on any atom is 0.334 e. The minimum atomic E-state index is -0.765. The molecule has 0 fully saturated rings. The topological polar surface area (TPSA) is 93.5 Å². The average molecular weight is 446 g/mol. The van der Waals surface area contributed by atoms with Gasteiger partial charge in [0.25, 0.3) is 5.56 Å². The van der Waals surface area contributed by atoms with Crippen molar-refractivity contribution in [1.82, 2.24) is 9.55 Å². The summed E-state index contributed by atoms with van der Waals surface area (Å²) in [7, 11) is 0. The molecule has 7 heteroatoms. The zero-order valence-electron chi connectivity index (χ0n) is 19.0. The zero-order chi connectivity index (χ0) is 23.5. The fraction of sp³-hybridized carbons (Fsp3) is 0.308. The predicted octanol–water partition coefficient (Wildman–Crippen LogP) is 3.90. The number of rotatable bonds is 6. The van der Waals surface area contributed by atoms with Gasteiger partial charge < -0.3 is 4.74 Å². The van der Waals surface area contributed by atoms with E-state index in [4.69, 9.17) is 4.74 Å². The highest BCUT2D eigenvalue weighted by Crippen LogP contribution is 2.41. The molecule has 2 aromatic carbocycles. The predicted molar refractivity (Wildman–Crippen MR) is 128 cm³/mol. The highest BCUT2D eigenvalue weighted by Gasteiger charge is 2.41. The van der Waals surface area contributed by atoms with E-state index in [-0.39, 0.29) is 18.0 Å². The molecule has 0 spiro atoms. The van der Waals surface area contributed by atoms with Crippen molar-refractivity contribution < 1.29 is 9.53 Å². The molecule has 4 rings (SSSR count). The molecule has 0 aliphatic carbocycles. The lowest BCUT2D eigenvalue weighted by atomic mass is 9.77. The molecule has 1 aromatic heterocycles. The summed E-state index contributed by atoms with van der Waals surface area (Å²) < 4.78 is 6.74. The molecule has 2 unspecified atom stereocenters. The minimum Gasteiger partial charge on any atom is -0.465 e. The van der Waals surface area contributed by atoms with Crippen LogP contribution < -0.4 is 11.2 Å². The van der Waals surface area contributed by atoms with Gasteiger partial charge in [0.2, 0.25) is 0 Å². The summed E-state index contributed by atoms with van der Waals surface area (Å²) in [6.45, 7) is 5.81. The molecular formula is C26H27N3O4. The lowest BCUT2D eigenvalue weighted by Crippen LogP contribution is -2.40. The van der Waals surface area contributed by atoms with Crippen LogP contribution in [0.2, 0.25) is 0 Å². The van der Waals surface area contributed by atoms with E-state index in [2.05, 4.69) is 16.9 Å². The summed E-state index contributed by atoms with van der Waals surface area (Å²) in [6, 6.07) is 17.0. The van der Waals surface area contributed by atoms with Crippen molar-refractivity contribution in [2.24, 2.45) is 10.9 Å². The van der Waals surface area contributed by atoms with Crippen LogP contribution in [-0.2, 0) is 16.0 Å². The van der Waals surface area contributed by atoms with E-state index in [1.807, 2.05) is 54.6 Å². The first-order valence-corrected chi connectivity index (χ1v) is 11.2. The monoisotopic (exact) mass is 445 g/mol. The van der Waals surface area contributed by atoms with Crippen molar-refractivity contribution in [3.63, 3.8) is 0 Å². The Morgan fingerprint density at radius 2 is 1.76 bits per heavy atom. The number of aromatic nitrogens is 2. The summed E-state index contributed by atoms with van der Waals surface area (Å²) in [5.74, 6) is -1.59. The van der Waals surface area contributed by atoms with Crippen LogP contribution in [0.15, 0.2) is 69.2 Å². The fourth-order valence-corrected chi connectivity index (χ4v) is 4.47. The van der Waals surface area contributed by atoms with Gasteiger partial charge in [0.05, 0.1) is 17.9 Å². The number of aromatic amines is 1. The van der Waals surface area contributed by atoms with Crippen LogP contribution >= 0.6 is 0 Å². The van der Waals surface area contributed by atoms with E-state index in [9.17, 15) is 14.4 Å². The molecule has 2 atom stereocenters. The van der Waals surface area contributed by atoms with Gasteiger partial charge in [-0.2, -0.15) is 0 Å². The SMILES string of the molecule is CCCc1ccc(-n2c3c(c(=O)[nH]c2=O)C(c2ccccc2)C(C(=O)OCC)C(C)=N3)cc1. The maximum absolute atomic E-state index is 13.1. The third-order valence-corrected chi connectivity index (χ3v) is 5.93. The van der Waals surface area contributed by atoms with Crippen molar-refractivity contribution in [1.29, 1.82) is 0 Å². The van der Waals surface area contributed by atoms with E-state index in [1.165, 1.54) is 4.57 Å². The molecule has 0 bridgehead atoms. The second-order valence-corrected chi connectivity index (χ2v) is 8.12. The number of ether oxygens (including phenoxy) is 1. The van der Waals surface area contributed by atoms with E-state index >= 15 is 0 Å². The second-order valence-electron chi connectivity index (χ2n) is 8.12. The van der Waals surface area contributed by atoms with Crippen LogP contribution in [0.25, 0.3) is 5.69 Å². The van der Waals surface area contributed by atoms with Gasteiger partial charge in [0.15, 0.2) is 5.82 Å². The first kappa shape index (κ1) is 22.5. The van der Waals surface area contributed by atoms with Crippen molar-refractivity contribution in [3.05, 3.63) is 92.1 Å². The minimum absolute atomic E-state index is 0.219. The largest absolute Gasteiger partial charge is 0.465 e. The lowest BCUT2D eigenvalue weighted by Gasteiger charge is -2.31. The Morgan fingerprint density at radius 1 is 1.06 bits per heavy atom. The summed E-state index contributed by atoms with van der Waals surface area (Å²) in [5.41, 5.74) is 2.20. The van der Waals surface area contributed by atoms with Gasteiger partial charge in [0.1, 0.15) is 5.92 Å². The molecule has 3 aromatic rings. The molecule has 0 amide bonds. The van der Waals surface area contributed by atoms with Crippen LogP contribution in [0, 0.1) is 5.92 Å².